The molecule has 118 valence electrons. The fourth-order valence-electron chi connectivity index (χ4n) is 2.50. The van der Waals surface area contributed by atoms with Gasteiger partial charge in [-0.05, 0) is 19.1 Å². The van der Waals surface area contributed by atoms with E-state index in [1.54, 1.807) is 29.2 Å². The molecule has 23 heavy (non-hydrogen) atoms. The molecule has 2 aromatic rings. The van der Waals surface area contributed by atoms with Crippen LogP contribution in [0.2, 0.25) is 0 Å². The van der Waals surface area contributed by atoms with Gasteiger partial charge in [0.1, 0.15) is 0 Å². The van der Waals surface area contributed by atoms with Gasteiger partial charge in [0.05, 0.1) is 18.8 Å². The lowest BCUT2D eigenvalue weighted by Crippen LogP contribution is -2.23. The van der Waals surface area contributed by atoms with Crippen molar-refractivity contribution in [3.63, 3.8) is 0 Å². The summed E-state index contributed by atoms with van der Waals surface area (Å²) in [6.45, 7) is 3.89. The van der Waals surface area contributed by atoms with Crippen molar-refractivity contribution in [2.75, 3.05) is 5.32 Å². The minimum absolute atomic E-state index is 0.0216. The molecule has 2 N–H and O–H groups in total. The summed E-state index contributed by atoms with van der Waals surface area (Å²) in [5, 5.41) is 9.69. The predicted octanol–water partition coefficient (Wildman–Crippen LogP) is 1.73. The number of rotatable bonds is 3. The zero-order chi connectivity index (χ0) is 16.6. The number of aromatic amines is 1. The van der Waals surface area contributed by atoms with Crippen LogP contribution >= 0.6 is 0 Å². The summed E-state index contributed by atoms with van der Waals surface area (Å²) in [7, 11) is 0. The van der Waals surface area contributed by atoms with Crippen molar-refractivity contribution in [2.45, 2.75) is 26.9 Å². The summed E-state index contributed by atoms with van der Waals surface area (Å²) in [6, 6.07) is 6.43. The average Bonchev–Trinajstić information content (AvgIpc) is 3.09. The molecule has 0 saturated heterocycles. The molecular formula is C16H16N4O3. The highest BCUT2D eigenvalue weighted by atomic mass is 16.2. The number of ketones is 1. The number of carbonyl (C=O) groups excluding carboxylic acids is 3. The molecule has 0 atom stereocenters. The number of benzene rings is 1. The highest BCUT2D eigenvalue weighted by molar-refractivity contribution is 6.05. The third-order valence-electron chi connectivity index (χ3n) is 3.88. The van der Waals surface area contributed by atoms with Gasteiger partial charge in [0, 0.05) is 23.6 Å². The Morgan fingerprint density at radius 1 is 1.09 bits per heavy atom. The topological polar surface area (TPSA) is 95.2 Å². The summed E-state index contributed by atoms with van der Waals surface area (Å²) in [5.74, 6) is 0.0539. The first kappa shape index (κ1) is 15.0. The van der Waals surface area contributed by atoms with E-state index in [0.717, 1.165) is 11.3 Å². The maximum absolute atomic E-state index is 12.3. The minimum Gasteiger partial charge on any atom is -0.333 e. The number of Topliss-reactive ketones (excluding diaryl/α,β-unsaturated/α-hetero) is 1. The predicted molar refractivity (Wildman–Crippen MR) is 82.9 cm³/mol. The summed E-state index contributed by atoms with van der Waals surface area (Å²) in [6.07, 6.45) is 0. The third kappa shape index (κ3) is 2.85. The van der Waals surface area contributed by atoms with Crippen LogP contribution in [0.4, 0.5) is 5.82 Å². The number of hydrogen-bond acceptors (Lipinski definition) is 4. The second-order valence-corrected chi connectivity index (χ2v) is 5.49. The van der Waals surface area contributed by atoms with Crippen molar-refractivity contribution in [2.24, 2.45) is 0 Å². The molecule has 0 saturated carbocycles. The van der Waals surface area contributed by atoms with Gasteiger partial charge in [0.25, 0.3) is 5.91 Å². The number of nitrogens with one attached hydrogen (secondary N) is 2. The summed E-state index contributed by atoms with van der Waals surface area (Å²) in [5.41, 5.74) is 2.66. The highest BCUT2D eigenvalue weighted by Gasteiger charge is 2.27. The van der Waals surface area contributed by atoms with Crippen LogP contribution in [0.25, 0.3) is 0 Å². The van der Waals surface area contributed by atoms with Crippen molar-refractivity contribution in [1.29, 1.82) is 0 Å². The number of anilines is 1. The molecule has 1 aliphatic rings. The van der Waals surface area contributed by atoms with Crippen LogP contribution in [-0.2, 0) is 17.9 Å². The number of aromatic nitrogens is 2. The number of hydrogen-bond donors (Lipinski definition) is 2. The summed E-state index contributed by atoms with van der Waals surface area (Å²) < 4.78 is 0. The second kappa shape index (κ2) is 5.68. The van der Waals surface area contributed by atoms with Gasteiger partial charge in [-0.1, -0.05) is 12.1 Å². The number of H-pyrrole nitrogens is 1. The Morgan fingerprint density at radius 3 is 2.35 bits per heavy atom. The molecule has 1 aliphatic heterocycles. The van der Waals surface area contributed by atoms with Gasteiger partial charge in [-0.3, -0.25) is 19.5 Å². The number of fused-ring (bicyclic) bond motifs is 1. The molecule has 2 heterocycles. The fourth-order valence-corrected chi connectivity index (χ4v) is 2.50. The van der Waals surface area contributed by atoms with Crippen molar-refractivity contribution >= 4 is 23.4 Å². The highest BCUT2D eigenvalue weighted by Crippen LogP contribution is 2.27. The maximum Gasteiger partial charge on any atom is 0.256 e. The molecule has 0 aliphatic carbocycles. The Morgan fingerprint density at radius 2 is 1.74 bits per heavy atom. The van der Waals surface area contributed by atoms with E-state index < -0.39 is 0 Å². The van der Waals surface area contributed by atoms with Crippen molar-refractivity contribution in [3.8, 4) is 0 Å². The Hall–Kier alpha value is -2.96. The fraction of sp³-hybridized carbons (Fsp3) is 0.250. The minimum atomic E-state index is -0.310. The molecule has 0 bridgehead atoms. The lowest BCUT2D eigenvalue weighted by molar-refractivity contribution is -0.129. The molecule has 0 unspecified atom stereocenters. The monoisotopic (exact) mass is 312 g/mol. The standard InChI is InChI=1S/C16H16N4O3/c1-9(21)11-3-5-12(6-4-11)16(23)17-15-13-7-20(10(2)22)8-14(13)18-19-15/h3-6H,7-8H2,1-2H3,(H2,17,18,19,23). The number of amides is 2. The van der Waals surface area contributed by atoms with E-state index in [0.29, 0.717) is 30.0 Å². The molecule has 2 amide bonds. The molecule has 0 fully saturated rings. The Bertz CT molecular complexity index is 792. The van der Waals surface area contributed by atoms with Gasteiger partial charge >= 0.3 is 0 Å². The Labute approximate surface area is 132 Å². The number of nitrogens with zero attached hydrogens (tertiary/aromatic N) is 2. The lowest BCUT2D eigenvalue weighted by Gasteiger charge is -2.12. The van der Waals surface area contributed by atoms with E-state index in [9.17, 15) is 14.4 Å². The van der Waals surface area contributed by atoms with Crippen LogP contribution in [0.15, 0.2) is 24.3 Å². The van der Waals surface area contributed by atoms with Crippen LogP contribution < -0.4 is 5.32 Å². The van der Waals surface area contributed by atoms with E-state index in [1.165, 1.54) is 13.8 Å². The van der Waals surface area contributed by atoms with Crippen molar-refractivity contribution in [1.82, 2.24) is 15.1 Å². The van der Waals surface area contributed by atoms with E-state index in [4.69, 9.17) is 0 Å². The molecule has 3 rings (SSSR count). The van der Waals surface area contributed by atoms with Gasteiger partial charge in [0.15, 0.2) is 11.6 Å². The summed E-state index contributed by atoms with van der Waals surface area (Å²) in [4.78, 5) is 36.6. The maximum atomic E-state index is 12.3. The van der Waals surface area contributed by atoms with E-state index in [2.05, 4.69) is 15.5 Å². The third-order valence-corrected chi connectivity index (χ3v) is 3.88. The Kier molecular flexibility index (Phi) is 3.69. The van der Waals surface area contributed by atoms with Crippen molar-refractivity contribution in [3.05, 3.63) is 46.6 Å². The molecular weight excluding hydrogens is 296 g/mol. The van der Waals surface area contributed by atoms with Gasteiger partial charge in [-0.15, -0.1) is 0 Å². The van der Waals surface area contributed by atoms with Gasteiger partial charge in [0.2, 0.25) is 5.91 Å². The van der Waals surface area contributed by atoms with Gasteiger partial charge < -0.3 is 10.2 Å². The second-order valence-electron chi connectivity index (χ2n) is 5.49. The van der Waals surface area contributed by atoms with Crippen LogP contribution in [-0.4, -0.2) is 32.7 Å². The average molecular weight is 312 g/mol. The molecule has 7 nitrogen and oxygen atoms in total. The molecule has 1 aromatic carbocycles. The lowest BCUT2D eigenvalue weighted by atomic mass is 10.1. The first-order chi connectivity index (χ1) is 11.0. The quantitative estimate of drug-likeness (QED) is 0.844. The first-order valence-electron chi connectivity index (χ1n) is 7.19. The number of carbonyl (C=O) groups is 3. The van der Waals surface area contributed by atoms with E-state index in [1.807, 2.05) is 0 Å². The van der Waals surface area contributed by atoms with Gasteiger partial charge in [-0.25, -0.2) is 0 Å². The van der Waals surface area contributed by atoms with Crippen molar-refractivity contribution < 1.29 is 14.4 Å². The Balaban J connectivity index is 1.75. The molecule has 1 aromatic heterocycles. The van der Waals surface area contributed by atoms with E-state index >= 15 is 0 Å². The van der Waals surface area contributed by atoms with Crippen LogP contribution in [0.3, 0.4) is 0 Å². The van der Waals surface area contributed by atoms with E-state index in [-0.39, 0.29) is 17.6 Å². The zero-order valence-electron chi connectivity index (χ0n) is 12.8. The normalized spacial score (nSPS) is 12.9. The largest absolute Gasteiger partial charge is 0.333 e. The smallest absolute Gasteiger partial charge is 0.256 e. The molecule has 0 radical (unpaired) electrons. The molecule has 0 spiro atoms. The zero-order valence-corrected chi connectivity index (χ0v) is 12.8. The first-order valence-corrected chi connectivity index (χ1v) is 7.19. The van der Waals surface area contributed by atoms with Gasteiger partial charge in [-0.2, -0.15) is 5.10 Å². The SMILES string of the molecule is CC(=O)c1ccc(C(=O)Nc2n[nH]c3c2CN(C(C)=O)C3)cc1. The van der Waals surface area contributed by atoms with Crippen LogP contribution in [0, 0.1) is 0 Å². The van der Waals surface area contributed by atoms with Crippen LogP contribution in [0.5, 0.6) is 0 Å². The molecule has 7 heteroatoms. The summed E-state index contributed by atoms with van der Waals surface area (Å²) >= 11 is 0. The van der Waals surface area contributed by atoms with Crippen LogP contribution in [0.1, 0.15) is 45.8 Å².